The molecule has 13 heavy (non-hydrogen) atoms. The van der Waals surface area contributed by atoms with E-state index in [1.54, 1.807) is 0 Å². The monoisotopic (exact) mass is 296 g/mol. The van der Waals surface area contributed by atoms with Gasteiger partial charge in [-0.25, -0.2) is 4.79 Å². The molecule has 1 saturated carbocycles. The van der Waals surface area contributed by atoms with Gasteiger partial charge in [-0.1, -0.05) is 29.0 Å². The van der Waals surface area contributed by atoms with Crippen molar-refractivity contribution >= 4 is 28.6 Å². The van der Waals surface area contributed by atoms with E-state index in [0.29, 0.717) is 0 Å². The highest BCUT2D eigenvalue weighted by molar-refractivity contribution is 14.1. The number of rotatable bonds is 1. The maximum absolute atomic E-state index is 11.2. The van der Waals surface area contributed by atoms with Crippen LogP contribution in [0.2, 0.25) is 0 Å². The molecular formula is C9H13IO3. The first-order chi connectivity index (χ1) is 6.19. The van der Waals surface area contributed by atoms with Gasteiger partial charge in [-0.2, -0.15) is 0 Å². The molecule has 3 atom stereocenters. The number of esters is 1. The van der Waals surface area contributed by atoms with Crippen LogP contribution in [0.15, 0.2) is 0 Å². The van der Waals surface area contributed by atoms with E-state index < -0.39 is 12.1 Å². The summed E-state index contributed by atoms with van der Waals surface area (Å²) in [5.74, 6) is -0.366. The molecule has 0 radical (unpaired) electrons. The van der Waals surface area contributed by atoms with Crippen molar-refractivity contribution < 1.29 is 14.6 Å². The van der Waals surface area contributed by atoms with E-state index >= 15 is 0 Å². The maximum Gasteiger partial charge on any atom is 0.336 e. The van der Waals surface area contributed by atoms with Crippen LogP contribution in [0, 0.1) is 5.92 Å². The molecule has 0 aromatic carbocycles. The number of aliphatic hydroxyl groups is 1. The van der Waals surface area contributed by atoms with Gasteiger partial charge in [-0.05, 0) is 19.3 Å². The Hall–Kier alpha value is 0.160. The normalized spacial score (nSPS) is 44.3. The summed E-state index contributed by atoms with van der Waals surface area (Å²) in [4.78, 5) is 11.2. The molecule has 1 N–H and O–H groups in total. The lowest BCUT2D eigenvalue weighted by molar-refractivity contribution is -0.152. The van der Waals surface area contributed by atoms with Gasteiger partial charge in [0.1, 0.15) is 5.60 Å². The number of fused-ring (bicyclic) bond motifs is 1. The van der Waals surface area contributed by atoms with E-state index in [-0.39, 0.29) is 11.5 Å². The highest BCUT2D eigenvalue weighted by atomic mass is 127. The molecule has 4 heteroatoms. The van der Waals surface area contributed by atoms with Gasteiger partial charge in [0.15, 0.2) is 6.10 Å². The van der Waals surface area contributed by atoms with Crippen LogP contribution in [0.4, 0.5) is 0 Å². The van der Waals surface area contributed by atoms with Crippen LogP contribution in [0.1, 0.15) is 25.7 Å². The van der Waals surface area contributed by atoms with Gasteiger partial charge < -0.3 is 9.84 Å². The molecule has 3 nitrogen and oxygen atoms in total. The van der Waals surface area contributed by atoms with Crippen molar-refractivity contribution in [3.8, 4) is 0 Å². The number of carbonyl (C=O) groups excluding carboxylic acids is 1. The summed E-state index contributed by atoms with van der Waals surface area (Å²) in [7, 11) is 0. The zero-order valence-electron chi connectivity index (χ0n) is 7.33. The number of hydrogen-bond acceptors (Lipinski definition) is 3. The van der Waals surface area contributed by atoms with E-state index in [4.69, 9.17) is 4.74 Å². The molecule has 0 bridgehead atoms. The number of carbonyl (C=O) groups is 1. The number of halogens is 1. The Labute approximate surface area is 91.0 Å². The minimum atomic E-state index is -0.866. The Morgan fingerprint density at radius 3 is 3.00 bits per heavy atom. The van der Waals surface area contributed by atoms with Crippen LogP contribution in [0.3, 0.4) is 0 Å². The van der Waals surface area contributed by atoms with E-state index in [0.717, 1.165) is 30.1 Å². The number of ether oxygens (including phenoxy) is 1. The SMILES string of the molecule is O=C1O[C@@]2(CI)CCCC[C@H]2C1O. The molecule has 1 saturated heterocycles. The molecule has 0 aromatic heterocycles. The highest BCUT2D eigenvalue weighted by Crippen LogP contribution is 2.45. The van der Waals surface area contributed by atoms with Crippen molar-refractivity contribution in [1.29, 1.82) is 0 Å². The third-order valence-corrected chi connectivity index (χ3v) is 4.48. The Morgan fingerprint density at radius 1 is 1.62 bits per heavy atom. The van der Waals surface area contributed by atoms with E-state index in [1.807, 2.05) is 0 Å². The van der Waals surface area contributed by atoms with E-state index in [1.165, 1.54) is 0 Å². The first kappa shape index (κ1) is 9.71. The topological polar surface area (TPSA) is 46.5 Å². The highest BCUT2D eigenvalue weighted by Gasteiger charge is 2.55. The first-order valence-corrected chi connectivity index (χ1v) is 6.19. The Morgan fingerprint density at radius 2 is 2.38 bits per heavy atom. The minimum Gasteiger partial charge on any atom is -0.456 e. The molecule has 2 fully saturated rings. The number of aliphatic hydroxyl groups excluding tert-OH is 1. The summed E-state index contributed by atoms with van der Waals surface area (Å²) < 4.78 is 6.12. The first-order valence-electron chi connectivity index (χ1n) is 4.66. The van der Waals surface area contributed by atoms with Crippen LogP contribution < -0.4 is 0 Å². The fourth-order valence-corrected chi connectivity index (χ4v) is 3.53. The van der Waals surface area contributed by atoms with Crippen molar-refractivity contribution in [2.75, 3.05) is 4.43 Å². The second kappa shape index (κ2) is 3.38. The van der Waals surface area contributed by atoms with Crippen molar-refractivity contribution in [2.45, 2.75) is 37.4 Å². The van der Waals surface area contributed by atoms with Crippen molar-refractivity contribution in [3.05, 3.63) is 0 Å². The number of alkyl halides is 1. The largest absolute Gasteiger partial charge is 0.456 e. The van der Waals surface area contributed by atoms with Gasteiger partial charge in [0.05, 0.1) is 0 Å². The fourth-order valence-electron chi connectivity index (χ4n) is 2.43. The molecule has 1 aliphatic carbocycles. The smallest absolute Gasteiger partial charge is 0.336 e. The minimum absolute atomic E-state index is 0.0469. The molecule has 0 amide bonds. The summed E-state index contributed by atoms with van der Waals surface area (Å²) in [5, 5.41) is 9.61. The van der Waals surface area contributed by atoms with E-state index in [9.17, 15) is 9.90 Å². The molecule has 1 heterocycles. The zero-order valence-corrected chi connectivity index (χ0v) is 9.49. The molecule has 0 aromatic rings. The zero-order chi connectivity index (χ0) is 9.47. The van der Waals surface area contributed by atoms with E-state index in [2.05, 4.69) is 22.6 Å². The lowest BCUT2D eigenvalue weighted by Crippen LogP contribution is -2.42. The van der Waals surface area contributed by atoms with Gasteiger partial charge in [-0.3, -0.25) is 0 Å². The Bertz CT molecular complexity index is 231. The third-order valence-electron chi connectivity index (χ3n) is 3.19. The van der Waals surface area contributed by atoms with Gasteiger partial charge in [0.2, 0.25) is 0 Å². The van der Waals surface area contributed by atoms with Crippen LogP contribution in [-0.2, 0) is 9.53 Å². The Balaban J connectivity index is 2.26. The summed E-state index contributed by atoms with van der Waals surface area (Å²) in [6.07, 6.45) is 3.20. The van der Waals surface area contributed by atoms with Crippen molar-refractivity contribution in [1.82, 2.24) is 0 Å². The average Bonchev–Trinajstić information content (AvgIpc) is 2.41. The lowest BCUT2D eigenvalue weighted by Gasteiger charge is -2.35. The van der Waals surface area contributed by atoms with Crippen LogP contribution >= 0.6 is 22.6 Å². The summed E-state index contributed by atoms with van der Waals surface area (Å²) >= 11 is 2.25. The average molecular weight is 296 g/mol. The number of hydrogen-bond donors (Lipinski definition) is 1. The molecule has 1 unspecified atom stereocenters. The summed E-state index contributed by atoms with van der Waals surface area (Å²) in [5.41, 5.74) is -0.338. The van der Waals surface area contributed by atoms with Gasteiger partial charge in [0.25, 0.3) is 0 Å². The molecule has 74 valence electrons. The third kappa shape index (κ3) is 1.38. The quantitative estimate of drug-likeness (QED) is 0.450. The molecule has 2 rings (SSSR count). The predicted octanol–water partition coefficient (Wildman–Crippen LogP) is 1.27. The predicted molar refractivity (Wildman–Crippen MR) is 55.7 cm³/mol. The lowest BCUT2D eigenvalue weighted by atomic mass is 9.75. The van der Waals surface area contributed by atoms with Crippen LogP contribution in [0.5, 0.6) is 0 Å². The second-order valence-electron chi connectivity index (χ2n) is 3.92. The summed E-state index contributed by atoms with van der Waals surface area (Å²) in [6.45, 7) is 0. The fraction of sp³-hybridized carbons (Fsp3) is 0.889. The maximum atomic E-state index is 11.2. The van der Waals surface area contributed by atoms with Crippen molar-refractivity contribution in [3.63, 3.8) is 0 Å². The molecular weight excluding hydrogens is 283 g/mol. The molecule has 1 aliphatic heterocycles. The standard InChI is InChI=1S/C9H13IO3/c10-5-9-4-2-1-3-6(9)7(11)8(12)13-9/h6-7,11H,1-5H2/t6-,7?,9+/m0/s1. The van der Waals surface area contributed by atoms with Crippen LogP contribution in [0.25, 0.3) is 0 Å². The second-order valence-corrected chi connectivity index (χ2v) is 4.68. The Kier molecular flexibility index (Phi) is 2.53. The van der Waals surface area contributed by atoms with Gasteiger partial charge >= 0.3 is 5.97 Å². The van der Waals surface area contributed by atoms with Gasteiger partial charge in [0, 0.05) is 10.3 Å². The van der Waals surface area contributed by atoms with Crippen LogP contribution in [-0.4, -0.2) is 27.2 Å². The summed E-state index contributed by atoms with van der Waals surface area (Å²) in [6, 6.07) is 0. The van der Waals surface area contributed by atoms with Crippen molar-refractivity contribution in [2.24, 2.45) is 5.92 Å². The molecule has 2 aliphatic rings. The van der Waals surface area contributed by atoms with Gasteiger partial charge in [-0.15, -0.1) is 0 Å². The molecule has 0 spiro atoms.